The molecule has 0 amide bonds. The van der Waals surface area contributed by atoms with Gasteiger partial charge in [-0.05, 0) is 0 Å². The second-order valence-corrected chi connectivity index (χ2v) is 7.13. The molecule has 1 fully saturated rings. The molecule has 1 aliphatic rings. The van der Waals surface area contributed by atoms with Gasteiger partial charge >= 0.3 is 0 Å². The first-order valence-electron chi connectivity index (χ1n) is 9.32. The Morgan fingerprint density at radius 3 is 2.04 bits per heavy atom. The van der Waals surface area contributed by atoms with E-state index >= 15 is 0 Å². The van der Waals surface area contributed by atoms with Gasteiger partial charge in [0.15, 0.2) is 5.82 Å². The molecule has 0 spiro atoms. The summed E-state index contributed by atoms with van der Waals surface area (Å²) < 4.78 is 10.8. The minimum absolute atomic E-state index is 0.287. The highest BCUT2D eigenvalue weighted by atomic mass is 16.5. The van der Waals surface area contributed by atoms with Gasteiger partial charge in [-0.15, -0.1) is 0 Å². The lowest BCUT2D eigenvalue weighted by Crippen LogP contribution is -2.45. The van der Waals surface area contributed by atoms with Gasteiger partial charge in [0.05, 0.1) is 13.1 Å². The fraction of sp³-hybridized carbons (Fsp3) is 0.474. The third-order valence-corrected chi connectivity index (χ3v) is 4.68. The largest absolute Gasteiger partial charge is 0.338 e. The predicted octanol–water partition coefficient (Wildman–Crippen LogP) is 2.56. The van der Waals surface area contributed by atoms with Crippen LogP contribution in [-0.2, 0) is 13.1 Å². The lowest BCUT2D eigenvalue weighted by molar-refractivity contribution is 0.103. The highest BCUT2D eigenvalue weighted by Crippen LogP contribution is 2.17. The van der Waals surface area contributed by atoms with Crippen LogP contribution in [0.4, 0.5) is 0 Å². The highest BCUT2D eigenvalue weighted by Gasteiger charge is 2.21. The van der Waals surface area contributed by atoms with Gasteiger partial charge < -0.3 is 9.05 Å². The van der Waals surface area contributed by atoms with E-state index in [9.17, 15) is 0 Å². The van der Waals surface area contributed by atoms with Crippen LogP contribution in [0.1, 0.15) is 37.4 Å². The maximum Gasteiger partial charge on any atom is 0.241 e. The molecule has 4 rings (SSSR count). The van der Waals surface area contributed by atoms with E-state index < -0.39 is 0 Å². The summed E-state index contributed by atoms with van der Waals surface area (Å²) in [6.45, 7) is 9.26. The quantitative estimate of drug-likeness (QED) is 0.656. The van der Waals surface area contributed by atoms with Crippen LogP contribution in [-0.4, -0.2) is 56.3 Å². The molecule has 27 heavy (non-hydrogen) atoms. The number of rotatable bonds is 6. The van der Waals surface area contributed by atoms with Crippen molar-refractivity contribution in [2.45, 2.75) is 32.9 Å². The molecular weight excluding hydrogens is 344 g/mol. The van der Waals surface area contributed by atoms with Crippen LogP contribution >= 0.6 is 0 Å². The number of benzene rings is 1. The molecule has 1 aliphatic heterocycles. The molecule has 8 heteroatoms. The van der Waals surface area contributed by atoms with Crippen LogP contribution in [0.25, 0.3) is 11.4 Å². The van der Waals surface area contributed by atoms with Gasteiger partial charge in [-0.2, -0.15) is 9.97 Å². The SMILES string of the molecule is CC(C)c1noc(CN2CCN(Cc3nc(-c4ccccc4)no3)CC2)n1. The zero-order valence-electron chi connectivity index (χ0n) is 15.7. The molecule has 3 heterocycles. The first-order chi connectivity index (χ1) is 13.2. The molecule has 0 N–H and O–H groups in total. The summed E-state index contributed by atoms with van der Waals surface area (Å²) in [5.41, 5.74) is 0.970. The minimum atomic E-state index is 0.287. The van der Waals surface area contributed by atoms with Crippen molar-refractivity contribution in [1.82, 2.24) is 30.1 Å². The Kier molecular flexibility index (Phi) is 5.26. The van der Waals surface area contributed by atoms with Gasteiger partial charge in [-0.1, -0.05) is 54.5 Å². The van der Waals surface area contributed by atoms with Crippen molar-refractivity contribution < 1.29 is 9.05 Å². The maximum absolute atomic E-state index is 5.42. The Labute approximate surface area is 158 Å². The van der Waals surface area contributed by atoms with E-state index in [1.165, 1.54) is 0 Å². The molecule has 0 unspecified atom stereocenters. The average molecular weight is 368 g/mol. The van der Waals surface area contributed by atoms with Crippen molar-refractivity contribution in [3.63, 3.8) is 0 Å². The Balaban J connectivity index is 1.27. The van der Waals surface area contributed by atoms with Crippen molar-refractivity contribution in [3.8, 4) is 11.4 Å². The smallest absolute Gasteiger partial charge is 0.241 e. The zero-order chi connectivity index (χ0) is 18.6. The lowest BCUT2D eigenvalue weighted by Gasteiger charge is -2.32. The van der Waals surface area contributed by atoms with Gasteiger partial charge in [0, 0.05) is 37.7 Å². The molecule has 1 aromatic carbocycles. The Morgan fingerprint density at radius 1 is 0.852 bits per heavy atom. The van der Waals surface area contributed by atoms with Gasteiger partial charge in [-0.3, -0.25) is 9.80 Å². The Hall–Kier alpha value is -2.58. The van der Waals surface area contributed by atoms with E-state index in [4.69, 9.17) is 9.05 Å². The monoisotopic (exact) mass is 368 g/mol. The molecule has 2 aromatic heterocycles. The standard InChI is InChI=1S/C19H24N6O2/c1-14(2)18-20-16(26-22-18)12-24-8-10-25(11-9-24)13-17-21-19(23-27-17)15-6-4-3-5-7-15/h3-7,14H,8-13H2,1-2H3. The third-order valence-electron chi connectivity index (χ3n) is 4.68. The van der Waals surface area contributed by atoms with Gasteiger partial charge in [0.2, 0.25) is 17.6 Å². The van der Waals surface area contributed by atoms with Crippen molar-refractivity contribution in [3.05, 3.63) is 47.9 Å². The molecule has 3 aromatic rings. The van der Waals surface area contributed by atoms with E-state index in [-0.39, 0.29) is 5.92 Å². The van der Waals surface area contributed by atoms with Crippen LogP contribution in [0.15, 0.2) is 39.4 Å². The third kappa shape index (κ3) is 4.40. The molecule has 8 nitrogen and oxygen atoms in total. The summed E-state index contributed by atoms with van der Waals surface area (Å²) in [4.78, 5) is 13.6. The van der Waals surface area contributed by atoms with Crippen molar-refractivity contribution >= 4 is 0 Å². The van der Waals surface area contributed by atoms with E-state index in [1.807, 2.05) is 30.3 Å². The van der Waals surface area contributed by atoms with Crippen LogP contribution in [0.2, 0.25) is 0 Å². The molecule has 0 saturated carbocycles. The maximum atomic E-state index is 5.42. The van der Waals surface area contributed by atoms with Crippen LogP contribution in [0.3, 0.4) is 0 Å². The molecule has 0 aliphatic carbocycles. The van der Waals surface area contributed by atoms with E-state index in [0.717, 1.165) is 37.6 Å². The molecule has 0 atom stereocenters. The number of hydrogen-bond acceptors (Lipinski definition) is 8. The summed E-state index contributed by atoms with van der Waals surface area (Å²) in [7, 11) is 0. The summed E-state index contributed by atoms with van der Waals surface area (Å²) in [5.74, 6) is 3.04. The average Bonchev–Trinajstić information content (AvgIpc) is 3.34. The first-order valence-corrected chi connectivity index (χ1v) is 9.32. The summed E-state index contributed by atoms with van der Waals surface area (Å²) >= 11 is 0. The van der Waals surface area contributed by atoms with E-state index in [1.54, 1.807) is 0 Å². The number of piperazine rings is 1. The predicted molar refractivity (Wildman–Crippen MR) is 98.7 cm³/mol. The van der Waals surface area contributed by atoms with Gasteiger partial charge in [0.1, 0.15) is 0 Å². The Morgan fingerprint density at radius 2 is 1.44 bits per heavy atom. The van der Waals surface area contributed by atoms with Crippen LogP contribution < -0.4 is 0 Å². The first kappa shape index (κ1) is 17.8. The van der Waals surface area contributed by atoms with E-state index in [2.05, 4.69) is 43.9 Å². The molecule has 1 saturated heterocycles. The van der Waals surface area contributed by atoms with Crippen molar-refractivity contribution in [2.24, 2.45) is 0 Å². The van der Waals surface area contributed by atoms with Crippen LogP contribution in [0.5, 0.6) is 0 Å². The fourth-order valence-corrected chi connectivity index (χ4v) is 3.08. The highest BCUT2D eigenvalue weighted by molar-refractivity contribution is 5.53. The topological polar surface area (TPSA) is 84.3 Å². The number of hydrogen-bond donors (Lipinski definition) is 0. The summed E-state index contributed by atoms with van der Waals surface area (Å²) in [6, 6.07) is 9.88. The lowest BCUT2D eigenvalue weighted by atomic mass is 10.2. The number of aromatic nitrogens is 4. The van der Waals surface area contributed by atoms with Crippen molar-refractivity contribution in [1.29, 1.82) is 0 Å². The Bertz CT molecular complexity index is 852. The zero-order valence-corrected chi connectivity index (χ0v) is 15.7. The van der Waals surface area contributed by atoms with Crippen molar-refractivity contribution in [2.75, 3.05) is 26.2 Å². The molecule has 0 radical (unpaired) electrons. The van der Waals surface area contributed by atoms with Crippen LogP contribution in [0, 0.1) is 0 Å². The summed E-state index contributed by atoms with van der Waals surface area (Å²) in [6.07, 6.45) is 0. The molecular formula is C19H24N6O2. The van der Waals surface area contributed by atoms with Gasteiger partial charge in [-0.25, -0.2) is 0 Å². The second kappa shape index (κ2) is 7.98. The molecule has 142 valence electrons. The minimum Gasteiger partial charge on any atom is -0.338 e. The number of nitrogens with zero attached hydrogens (tertiary/aromatic N) is 6. The van der Waals surface area contributed by atoms with Gasteiger partial charge in [0.25, 0.3) is 0 Å². The van der Waals surface area contributed by atoms with E-state index in [0.29, 0.717) is 30.7 Å². The fourth-order valence-electron chi connectivity index (χ4n) is 3.08. The normalized spacial score (nSPS) is 16.3. The second-order valence-electron chi connectivity index (χ2n) is 7.13. The molecule has 0 bridgehead atoms. The summed E-state index contributed by atoms with van der Waals surface area (Å²) in [5, 5.41) is 8.12.